The summed E-state index contributed by atoms with van der Waals surface area (Å²) in [5.41, 5.74) is 6.77. The molecule has 20 heavy (non-hydrogen) atoms. The minimum atomic E-state index is -0.136. The number of ether oxygens (including phenoxy) is 2. The summed E-state index contributed by atoms with van der Waals surface area (Å²) in [7, 11) is 5.18. The number of nitrogen functional groups attached to an aromatic ring is 1. The molecule has 0 saturated heterocycles. The second-order valence-corrected chi connectivity index (χ2v) is 4.51. The summed E-state index contributed by atoms with van der Waals surface area (Å²) in [6.07, 6.45) is 0. The molecule has 3 N–H and O–H groups in total. The van der Waals surface area contributed by atoms with Gasteiger partial charge >= 0.3 is 0 Å². The third kappa shape index (κ3) is 5.07. The zero-order valence-electron chi connectivity index (χ0n) is 12.3. The Bertz CT molecular complexity index is 438. The first kappa shape index (κ1) is 16.3. The summed E-state index contributed by atoms with van der Waals surface area (Å²) in [5, 5.41) is 2.86. The molecule has 0 aliphatic heterocycles. The fraction of sp³-hybridized carbons (Fsp3) is 0.500. The Morgan fingerprint density at radius 2 is 2.10 bits per heavy atom. The van der Waals surface area contributed by atoms with Gasteiger partial charge in [-0.3, -0.25) is 4.79 Å². The lowest BCUT2D eigenvalue weighted by atomic mass is 10.2. The van der Waals surface area contributed by atoms with Gasteiger partial charge in [0.15, 0.2) is 0 Å². The molecule has 6 nitrogen and oxygen atoms in total. The molecule has 0 atom stereocenters. The number of carbonyl (C=O) groups is 1. The summed E-state index contributed by atoms with van der Waals surface area (Å²) in [6, 6.07) is 4.99. The molecule has 1 rings (SSSR count). The molecule has 112 valence electrons. The highest BCUT2D eigenvalue weighted by Gasteiger charge is 2.08. The molecule has 1 aromatic carbocycles. The van der Waals surface area contributed by atoms with Gasteiger partial charge in [-0.05, 0) is 25.2 Å². The molecule has 0 bridgehead atoms. The lowest BCUT2D eigenvalue weighted by molar-refractivity contribution is 0.0947. The van der Waals surface area contributed by atoms with E-state index >= 15 is 0 Å². The minimum absolute atomic E-state index is 0.136. The van der Waals surface area contributed by atoms with E-state index in [4.69, 9.17) is 15.2 Å². The number of nitrogens with two attached hydrogens (primary N) is 1. The lowest BCUT2D eigenvalue weighted by Crippen LogP contribution is -2.34. The van der Waals surface area contributed by atoms with Gasteiger partial charge in [0, 0.05) is 32.3 Å². The van der Waals surface area contributed by atoms with E-state index in [1.54, 1.807) is 25.3 Å². The van der Waals surface area contributed by atoms with Crippen molar-refractivity contribution in [2.24, 2.45) is 0 Å². The van der Waals surface area contributed by atoms with E-state index in [2.05, 4.69) is 10.2 Å². The topological polar surface area (TPSA) is 76.8 Å². The number of rotatable bonds is 8. The van der Waals surface area contributed by atoms with Crippen LogP contribution in [-0.4, -0.2) is 58.3 Å². The summed E-state index contributed by atoms with van der Waals surface area (Å²) in [6.45, 7) is 2.86. The van der Waals surface area contributed by atoms with Crippen molar-refractivity contribution < 1.29 is 14.3 Å². The quantitative estimate of drug-likeness (QED) is 0.682. The third-order valence-electron chi connectivity index (χ3n) is 2.95. The third-order valence-corrected chi connectivity index (χ3v) is 2.95. The van der Waals surface area contributed by atoms with E-state index in [-0.39, 0.29) is 5.91 Å². The van der Waals surface area contributed by atoms with E-state index in [1.165, 1.54) is 7.11 Å². The number of anilines is 1. The van der Waals surface area contributed by atoms with Crippen molar-refractivity contribution in [3.05, 3.63) is 23.8 Å². The summed E-state index contributed by atoms with van der Waals surface area (Å²) in [4.78, 5) is 14.1. The van der Waals surface area contributed by atoms with Crippen LogP contribution in [0.4, 0.5) is 5.69 Å². The van der Waals surface area contributed by atoms with Crippen LogP contribution in [0.2, 0.25) is 0 Å². The SMILES string of the molecule is COCCN(C)CCNC(=O)c1ccc(N)c(OC)c1. The zero-order chi connectivity index (χ0) is 15.0. The normalized spacial score (nSPS) is 10.6. The fourth-order valence-corrected chi connectivity index (χ4v) is 1.67. The number of nitrogens with zero attached hydrogens (tertiary/aromatic N) is 1. The molecule has 0 aliphatic rings. The minimum Gasteiger partial charge on any atom is -0.495 e. The molecule has 0 heterocycles. The van der Waals surface area contributed by atoms with E-state index in [0.717, 1.165) is 13.1 Å². The van der Waals surface area contributed by atoms with Crippen LogP contribution in [0.1, 0.15) is 10.4 Å². The summed E-state index contributed by atoms with van der Waals surface area (Å²) in [5.74, 6) is 0.373. The van der Waals surface area contributed by atoms with Gasteiger partial charge in [-0.15, -0.1) is 0 Å². The first-order chi connectivity index (χ1) is 9.58. The number of carbonyl (C=O) groups excluding carboxylic acids is 1. The van der Waals surface area contributed by atoms with E-state index in [0.29, 0.717) is 30.2 Å². The number of amides is 1. The van der Waals surface area contributed by atoms with Crippen molar-refractivity contribution in [3.63, 3.8) is 0 Å². The van der Waals surface area contributed by atoms with Crippen LogP contribution in [0.25, 0.3) is 0 Å². The standard InChI is InChI=1S/C14H23N3O3/c1-17(8-9-19-2)7-6-16-14(18)11-4-5-12(15)13(10-11)20-3/h4-5,10H,6-9,15H2,1-3H3,(H,16,18). The number of nitrogens with one attached hydrogen (secondary N) is 1. The molecular formula is C14H23N3O3. The molecule has 6 heteroatoms. The molecule has 1 amide bonds. The molecule has 0 saturated carbocycles. The molecule has 0 spiro atoms. The highest BCUT2D eigenvalue weighted by atomic mass is 16.5. The smallest absolute Gasteiger partial charge is 0.251 e. The maximum atomic E-state index is 12.0. The van der Waals surface area contributed by atoms with E-state index in [1.807, 2.05) is 7.05 Å². The van der Waals surface area contributed by atoms with Crippen molar-refractivity contribution in [3.8, 4) is 5.75 Å². The van der Waals surface area contributed by atoms with Gasteiger partial charge in [0.05, 0.1) is 19.4 Å². The van der Waals surface area contributed by atoms with Crippen molar-refractivity contribution in [2.75, 3.05) is 53.2 Å². The molecular weight excluding hydrogens is 258 g/mol. The maximum Gasteiger partial charge on any atom is 0.251 e. The van der Waals surface area contributed by atoms with Gasteiger partial charge in [-0.1, -0.05) is 0 Å². The van der Waals surface area contributed by atoms with Crippen molar-refractivity contribution in [2.45, 2.75) is 0 Å². The van der Waals surface area contributed by atoms with Crippen LogP contribution >= 0.6 is 0 Å². The van der Waals surface area contributed by atoms with Gasteiger partial charge in [-0.25, -0.2) is 0 Å². The second kappa shape index (κ2) is 8.39. The molecule has 0 radical (unpaired) electrons. The summed E-state index contributed by atoms with van der Waals surface area (Å²) < 4.78 is 10.1. The highest BCUT2D eigenvalue weighted by Crippen LogP contribution is 2.21. The number of likely N-dealkylation sites (N-methyl/N-ethyl adjacent to an activating group) is 1. The maximum absolute atomic E-state index is 12.0. The Morgan fingerprint density at radius 1 is 1.35 bits per heavy atom. The largest absolute Gasteiger partial charge is 0.495 e. The van der Waals surface area contributed by atoms with Gasteiger partial charge in [0.25, 0.3) is 5.91 Å². The zero-order valence-corrected chi connectivity index (χ0v) is 12.3. The summed E-state index contributed by atoms with van der Waals surface area (Å²) >= 11 is 0. The first-order valence-corrected chi connectivity index (χ1v) is 6.47. The molecule has 1 aromatic rings. The molecule has 0 aromatic heterocycles. The van der Waals surface area contributed by atoms with Crippen LogP contribution in [0.3, 0.4) is 0 Å². The Labute approximate surface area is 119 Å². The highest BCUT2D eigenvalue weighted by molar-refractivity contribution is 5.95. The molecule has 0 aliphatic carbocycles. The van der Waals surface area contributed by atoms with Crippen LogP contribution in [0, 0.1) is 0 Å². The van der Waals surface area contributed by atoms with Gasteiger partial charge < -0.3 is 25.4 Å². The van der Waals surface area contributed by atoms with Gasteiger partial charge in [0.1, 0.15) is 5.75 Å². The number of methoxy groups -OCH3 is 2. The Morgan fingerprint density at radius 3 is 2.75 bits per heavy atom. The first-order valence-electron chi connectivity index (χ1n) is 6.47. The molecule has 0 unspecified atom stereocenters. The second-order valence-electron chi connectivity index (χ2n) is 4.51. The van der Waals surface area contributed by atoms with Crippen molar-refractivity contribution in [1.29, 1.82) is 0 Å². The Kier molecular flexibility index (Phi) is 6.83. The number of hydrogen-bond donors (Lipinski definition) is 2. The Hall–Kier alpha value is -1.79. The van der Waals surface area contributed by atoms with Crippen LogP contribution in [0.15, 0.2) is 18.2 Å². The van der Waals surface area contributed by atoms with Crippen molar-refractivity contribution in [1.82, 2.24) is 10.2 Å². The fourth-order valence-electron chi connectivity index (χ4n) is 1.67. The van der Waals surface area contributed by atoms with Crippen molar-refractivity contribution >= 4 is 11.6 Å². The Balaban J connectivity index is 2.43. The lowest BCUT2D eigenvalue weighted by Gasteiger charge is -2.16. The van der Waals surface area contributed by atoms with Crippen LogP contribution < -0.4 is 15.8 Å². The predicted molar refractivity (Wildman–Crippen MR) is 79.1 cm³/mol. The van der Waals surface area contributed by atoms with E-state index in [9.17, 15) is 4.79 Å². The molecule has 0 fully saturated rings. The average Bonchev–Trinajstić information content (AvgIpc) is 2.45. The van der Waals surface area contributed by atoms with Gasteiger partial charge in [0.2, 0.25) is 0 Å². The van der Waals surface area contributed by atoms with E-state index < -0.39 is 0 Å². The predicted octanol–water partition coefficient (Wildman–Crippen LogP) is 0.585. The number of hydrogen-bond acceptors (Lipinski definition) is 5. The van der Waals surface area contributed by atoms with Crippen LogP contribution in [-0.2, 0) is 4.74 Å². The van der Waals surface area contributed by atoms with Gasteiger partial charge in [-0.2, -0.15) is 0 Å². The monoisotopic (exact) mass is 281 g/mol. The number of benzene rings is 1. The average molecular weight is 281 g/mol. The van der Waals surface area contributed by atoms with Crippen LogP contribution in [0.5, 0.6) is 5.75 Å².